The lowest BCUT2D eigenvalue weighted by Crippen LogP contribution is -2.33. The molecule has 1 aromatic heterocycles. The van der Waals surface area contributed by atoms with E-state index in [0.29, 0.717) is 12.5 Å². The zero-order valence-corrected chi connectivity index (χ0v) is 12.7. The zero-order chi connectivity index (χ0) is 15.1. The van der Waals surface area contributed by atoms with Gasteiger partial charge in [0.2, 0.25) is 5.91 Å². The van der Waals surface area contributed by atoms with Gasteiger partial charge in [-0.2, -0.15) is 5.10 Å². The molecule has 1 aromatic carbocycles. The molecule has 1 amide bonds. The van der Waals surface area contributed by atoms with Gasteiger partial charge in [0.05, 0.1) is 11.9 Å². The maximum absolute atomic E-state index is 11.9. The van der Waals surface area contributed by atoms with Crippen LogP contribution in [0, 0.1) is 0 Å². The van der Waals surface area contributed by atoms with Crippen LogP contribution in [-0.2, 0) is 11.2 Å². The minimum atomic E-state index is 0.121. The Morgan fingerprint density at radius 2 is 1.95 bits per heavy atom. The van der Waals surface area contributed by atoms with E-state index in [9.17, 15) is 4.79 Å². The molecule has 4 nitrogen and oxygen atoms in total. The summed E-state index contributed by atoms with van der Waals surface area (Å²) in [5.74, 6) is 0.121. The molecule has 0 aliphatic carbocycles. The van der Waals surface area contributed by atoms with E-state index in [1.54, 1.807) is 0 Å². The lowest BCUT2D eigenvalue weighted by Gasteiger charge is -2.14. The normalized spacial score (nSPS) is 10.8. The number of aryl methyl sites for hydroxylation is 1. The van der Waals surface area contributed by atoms with E-state index in [0.717, 1.165) is 30.5 Å². The number of hydrogen-bond acceptors (Lipinski definition) is 2. The van der Waals surface area contributed by atoms with Crippen LogP contribution in [0.15, 0.2) is 42.7 Å². The monoisotopic (exact) mass is 285 g/mol. The molecule has 2 aromatic rings. The first-order chi connectivity index (χ1) is 10.2. The summed E-state index contributed by atoms with van der Waals surface area (Å²) in [5, 5.41) is 7.40. The summed E-state index contributed by atoms with van der Waals surface area (Å²) in [6.45, 7) is 4.19. The van der Waals surface area contributed by atoms with Crippen LogP contribution < -0.4 is 5.32 Å². The van der Waals surface area contributed by atoms with Gasteiger partial charge in [-0.05, 0) is 37.0 Å². The lowest BCUT2D eigenvalue weighted by molar-refractivity contribution is -0.121. The number of nitrogens with zero attached hydrogens (tertiary/aromatic N) is 2. The Labute approximate surface area is 126 Å². The highest BCUT2D eigenvalue weighted by Crippen LogP contribution is 2.09. The van der Waals surface area contributed by atoms with E-state index in [2.05, 4.69) is 24.3 Å². The summed E-state index contributed by atoms with van der Waals surface area (Å²) in [6.07, 6.45) is 7.01. The molecule has 0 fully saturated rings. The molecule has 0 aliphatic rings. The molecular formula is C17H23N3O. The van der Waals surface area contributed by atoms with Crippen molar-refractivity contribution in [1.82, 2.24) is 15.1 Å². The summed E-state index contributed by atoms with van der Waals surface area (Å²) in [7, 11) is 0. The number of rotatable bonds is 7. The average Bonchev–Trinajstić information content (AvgIpc) is 3.00. The van der Waals surface area contributed by atoms with Gasteiger partial charge in [0.1, 0.15) is 0 Å². The zero-order valence-electron chi connectivity index (χ0n) is 12.7. The summed E-state index contributed by atoms with van der Waals surface area (Å²) in [6, 6.07) is 10.3. The Morgan fingerprint density at radius 3 is 2.62 bits per heavy atom. The Hall–Kier alpha value is -2.10. The van der Waals surface area contributed by atoms with E-state index in [-0.39, 0.29) is 5.91 Å². The summed E-state index contributed by atoms with van der Waals surface area (Å²) >= 11 is 0. The smallest absolute Gasteiger partial charge is 0.220 e. The Balaban J connectivity index is 1.87. The second kappa shape index (κ2) is 7.62. The van der Waals surface area contributed by atoms with E-state index < -0.39 is 0 Å². The number of benzene rings is 1. The van der Waals surface area contributed by atoms with E-state index >= 15 is 0 Å². The molecule has 0 saturated carbocycles. The van der Waals surface area contributed by atoms with Crippen LogP contribution in [0.2, 0.25) is 0 Å². The van der Waals surface area contributed by atoms with Gasteiger partial charge < -0.3 is 5.32 Å². The van der Waals surface area contributed by atoms with Crippen molar-refractivity contribution in [3.8, 4) is 5.69 Å². The van der Waals surface area contributed by atoms with Crippen LogP contribution >= 0.6 is 0 Å². The van der Waals surface area contributed by atoms with Crippen LogP contribution in [0.25, 0.3) is 5.69 Å². The van der Waals surface area contributed by atoms with Gasteiger partial charge in [0.15, 0.2) is 0 Å². The third kappa shape index (κ3) is 4.45. The van der Waals surface area contributed by atoms with Gasteiger partial charge in [-0.1, -0.05) is 32.0 Å². The van der Waals surface area contributed by atoms with Crippen LogP contribution in [0.4, 0.5) is 0 Å². The molecule has 112 valence electrons. The fourth-order valence-corrected chi connectivity index (χ4v) is 2.26. The molecule has 4 heteroatoms. The topological polar surface area (TPSA) is 46.9 Å². The van der Waals surface area contributed by atoms with E-state index in [4.69, 9.17) is 0 Å². The standard InChI is InChI=1S/C17H23N3O/c1-3-15(4-2)19-17(21)11-10-14-12-18-20(13-14)16-8-6-5-7-9-16/h5-9,12-13,15H,3-4,10-11H2,1-2H3,(H,19,21). The molecule has 0 aliphatic heterocycles. The maximum Gasteiger partial charge on any atom is 0.220 e. The van der Waals surface area contributed by atoms with Crippen LogP contribution in [-0.4, -0.2) is 21.7 Å². The minimum Gasteiger partial charge on any atom is -0.353 e. The van der Waals surface area contributed by atoms with Gasteiger partial charge in [-0.3, -0.25) is 4.79 Å². The average molecular weight is 285 g/mol. The Morgan fingerprint density at radius 1 is 1.24 bits per heavy atom. The number of carbonyl (C=O) groups is 1. The number of para-hydroxylation sites is 1. The molecule has 0 radical (unpaired) electrons. The quantitative estimate of drug-likeness (QED) is 0.849. The summed E-state index contributed by atoms with van der Waals surface area (Å²) in [4.78, 5) is 11.9. The molecule has 0 atom stereocenters. The number of carbonyl (C=O) groups excluding carboxylic acids is 1. The molecule has 1 heterocycles. The first-order valence-corrected chi connectivity index (χ1v) is 7.61. The van der Waals surface area contributed by atoms with Crippen molar-refractivity contribution in [2.75, 3.05) is 0 Å². The van der Waals surface area contributed by atoms with E-state index in [1.807, 2.05) is 47.4 Å². The van der Waals surface area contributed by atoms with Crippen molar-refractivity contribution in [1.29, 1.82) is 0 Å². The lowest BCUT2D eigenvalue weighted by atomic mass is 10.1. The van der Waals surface area contributed by atoms with Gasteiger partial charge in [0.25, 0.3) is 0 Å². The largest absolute Gasteiger partial charge is 0.353 e. The van der Waals surface area contributed by atoms with Crippen molar-refractivity contribution < 1.29 is 4.79 Å². The maximum atomic E-state index is 11.9. The molecule has 2 rings (SSSR count). The van der Waals surface area contributed by atoms with Crippen molar-refractivity contribution in [3.05, 3.63) is 48.3 Å². The third-order valence-electron chi connectivity index (χ3n) is 3.65. The third-order valence-corrected chi connectivity index (χ3v) is 3.65. The molecule has 21 heavy (non-hydrogen) atoms. The fraction of sp³-hybridized carbons (Fsp3) is 0.412. The number of aromatic nitrogens is 2. The number of amides is 1. The van der Waals surface area contributed by atoms with Crippen LogP contribution in [0.3, 0.4) is 0 Å². The van der Waals surface area contributed by atoms with Crippen molar-refractivity contribution in [2.45, 2.75) is 45.6 Å². The summed E-state index contributed by atoms with van der Waals surface area (Å²) < 4.78 is 1.84. The minimum absolute atomic E-state index is 0.121. The van der Waals surface area contributed by atoms with Gasteiger partial charge in [0, 0.05) is 18.7 Å². The molecule has 0 bridgehead atoms. The van der Waals surface area contributed by atoms with Crippen molar-refractivity contribution in [3.63, 3.8) is 0 Å². The van der Waals surface area contributed by atoms with Gasteiger partial charge in [-0.25, -0.2) is 4.68 Å². The first-order valence-electron chi connectivity index (χ1n) is 7.61. The SMILES string of the molecule is CCC(CC)NC(=O)CCc1cnn(-c2ccccc2)c1. The predicted octanol–water partition coefficient (Wildman–Crippen LogP) is 3.11. The highest BCUT2D eigenvalue weighted by molar-refractivity contribution is 5.76. The Bertz CT molecular complexity index is 558. The molecule has 0 unspecified atom stereocenters. The van der Waals surface area contributed by atoms with Gasteiger partial charge in [-0.15, -0.1) is 0 Å². The molecule has 1 N–H and O–H groups in total. The predicted molar refractivity (Wildman–Crippen MR) is 84.4 cm³/mol. The van der Waals surface area contributed by atoms with Crippen molar-refractivity contribution in [2.24, 2.45) is 0 Å². The summed E-state index contributed by atoms with van der Waals surface area (Å²) in [5.41, 5.74) is 2.11. The van der Waals surface area contributed by atoms with Crippen molar-refractivity contribution >= 4 is 5.91 Å². The van der Waals surface area contributed by atoms with E-state index in [1.165, 1.54) is 0 Å². The van der Waals surface area contributed by atoms with Crippen LogP contribution in [0.1, 0.15) is 38.7 Å². The number of hydrogen-bond donors (Lipinski definition) is 1. The first kappa shape index (κ1) is 15.3. The molecule has 0 saturated heterocycles. The van der Waals surface area contributed by atoms with Crippen LogP contribution in [0.5, 0.6) is 0 Å². The molecule has 0 spiro atoms. The highest BCUT2D eigenvalue weighted by Gasteiger charge is 2.09. The fourth-order valence-electron chi connectivity index (χ4n) is 2.26. The second-order valence-electron chi connectivity index (χ2n) is 5.21. The number of nitrogens with one attached hydrogen (secondary N) is 1. The van der Waals surface area contributed by atoms with Gasteiger partial charge >= 0.3 is 0 Å². The second-order valence-corrected chi connectivity index (χ2v) is 5.21. The molecular weight excluding hydrogens is 262 g/mol. The Kier molecular flexibility index (Phi) is 5.55. The highest BCUT2D eigenvalue weighted by atomic mass is 16.1.